The highest BCUT2D eigenvalue weighted by atomic mass is 35.5. The molecule has 0 saturated heterocycles. The second-order valence-electron chi connectivity index (χ2n) is 5.53. The zero-order valence-electron chi connectivity index (χ0n) is 12.2. The van der Waals surface area contributed by atoms with Crippen LogP contribution in [0.4, 0.5) is 0 Å². The fraction of sp³-hybridized carbons (Fsp3) is 0.800. The fourth-order valence-corrected chi connectivity index (χ4v) is 3.50. The molecule has 2 rings (SSSR count). The zero-order chi connectivity index (χ0) is 13.7. The average Bonchev–Trinajstić information content (AvgIpc) is 2.79. The number of hydrogen-bond donors (Lipinski definition) is 1. The quantitative estimate of drug-likeness (QED) is 0.849. The standard InChI is InChI=1S/C15H26ClN3/c1-3-10-19-15(13(16)11-18-19)14(17-4-2)12-8-6-5-7-9-12/h11-12,14,17H,3-10H2,1-2H3. The van der Waals surface area contributed by atoms with Crippen molar-refractivity contribution in [2.45, 2.75) is 65.0 Å². The van der Waals surface area contributed by atoms with E-state index in [9.17, 15) is 0 Å². The van der Waals surface area contributed by atoms with Crippen LogP contribution < -0.4 is 5.32 Å². The van der Waals surface area contributed by atoms with E-state index in [4.69, 9.17) is 11.6 Å². The van der Waals surface area contributed by atoms with E-state index in [1.54, 1.807) is 6.20 Å². The molecule has 1 aromatic rings. The van der Waals surface area contributed by atoms with Crippen molar-refractivity contribution in [2.24, 2.45) is 5.92 Å². The maximum absolute atomic E-state index is 6.41. The number of aryl methyl sites for hydroxylation is 1. The Morgan fingerprint density at radius 2 is 2.11 bits per heavy atom. The van der Waals surface area contributed by atoms with Crippen molar-refractivity contribution in [1.82, 2.24) is 15.1 Å². The van der Waals surface area contributed by atoms with Crippen molar-refractivity contribution in [1.29, 1.82) is 0 Å². The molecule has 1 saturated carbocycles. The van der Waals surface area contributed by atoms with E-state index in [0.717, 1.165) is 24.5 Å². The third kappa shape index (κ3) is 3.51. The van der Waals surface area contributed by atoms with E-state index in [2.05, 4.69) is 28.9 Å². The van der Waals surface area contributed by atoms with Gasteiger partial charge in [-0.2, -0.15) is 5.10 Å². The summed E-state index contributed by atoms with van der Waals surface area (Å²) in [5, 5.41) is 8.92. The number of nitrogens with one attached hydrogen (secondary N) is 1. The fourth-order valence-electron chi connectivity index (χ4n) is 3.25. The molecule has 1 fully saturated rings. The zero-order valence-corrected chi connectivity index (χ0v) is 12.9. The maximum Gasteiger partial charge on any atom is 0.0834 e. The number of rotatable bonds is 6. The summed E-state index contributed by atoms with van der Waals surface area (Å²) in [6.07, 6.45) is 9.61. The molecule has 3 nitrogen and oxygen atoms in total. The Bertz CT molecular complexity index is 383. The van der Waals surface area contributed by atoms with E-state index in [1.165, 1.54) is 37.8 Å². The van der Waals surface area contributed by atoms with Crippen LogP contribution in [0.1, 0.15) is 64.1 Å². The molecular weight excluding hydrogens is 258 g/mol. The van der Waals surface area contributed by atoms with Gasteiger partial charge in [0.2, 0.25) is 0 Å². The summed E-state index contributed by atoms with van der Waals surface area (Å²) in [4.78, 5) is 0. The Labute approximate surface area is 121 Å². The molecule has 1 aliphatic rings. The lowest BCUT2D eigenvalue weighted by molar-refractivity contribution is 0.263. The van der Waals surface area contributed by atoms with Gasteiger partial charge in [-0.25, -0.2) is 0 Å². The van der Waals surface area contributed by atoms with Crippen LogP contribution in [0.3, 0.4) is 0 Å². The highest BCUT2D eigenvalue weighted by Gasteiger charge is 2.28. The first kappa shape index (κ1) is 14.9. The number of halogens is 1. The van der Waals surface area contributed by atoms with Crippen LogP contribution in [0.5, 0.6) is 0 Å². The first-order chi connectivity index (χ1) is 9.27. The SMILES string of the molecule is CCCn1ncc(Cl)c1C(NCC)C1CCCCC1. The van der Waals surface area contributed by atoms with Gasteiger partial charge in [-0.1, -0.05) is 44.7 Å². The first-order valence-electron chi connectivity index (χ1n) is 7.72. The highest BCUT2D eigenvalue weighted by Crippen LogP contribution is 2.37. The van der Waals surface area contributed by atoms with Gasteiger partial charge >= 0.3 is 0 Å². The number of nitrogens with zero attached hydrogens (tertiary/aromatic N) is 2. The average molecular weight is 284 g/mol. The van der Waals surface area contributed by atoms with Gasteiger partial charge in [0.05, 0.1) is 23.0 Å². The Kier molecular flexibility index (Phi) is 5.71. The summed E-state index contributed by atoms with van der Waals surface area (Å²) in [7, 11) is 0. The van der Waals surface area contributed by atoms with Crippen molar-refractivity contribution >= 4 is 11.6 Å². The molecule has 0 aromatic carbocycles. The minimum Gasteiger partial charge on any atom is -0.309 e. The second-order valence-corrected chi connectivity index (χ2v) is 5.94. The summed E-state index contributed by atoms with van der Waals surface area (Å²) in [5.74, 6) is 0.707. The molecule has 4 heteroatoms. The van der Waals surface area contributed by atoms with Crippen molar-refractivity contribution in [3.8, 4) is 0 Å². The maximum atomic E-state index is 6.41. The van der Waals surface area contributed by atoms with Gasteiger partial charge in [-0.3, -0.25) is 4.68 Å². The molecule has 0 amide bonds. The van der Waals surface area contributed by atoms with Gasteiger partial charge in [-0.15, -0.1) is 0 Å². The second kappa shape index (κ2) is 7.30. The van der Waals surface area contributed by atoms with Crippen molar-refractivity contribution in [3.63, 3.8) is 0 Å². The van der Waals surface area contributed by atoms with E-state index < -0.39 is 0 Å². The Balaban J connectivity index is 2.24. The summed E-state index contributed by atoms with van der Waals surface area (Å²) in [5.41, 5.74) is 1.21. The number of aromatic nitrogens is 2. The lowest BCUT2D eigenvalue weighted by atomic mass is 9.82. The largest absolute Gasteiger partial charge is 0.309 e. The minimum absolute atomic E-state index is 0.367. The molecule has 0 spiro atoms. The summed E-state index contributed by atoms with van der Waals surface area (Å²) in [6, 6.07) is 0.367. The predicted octanol–water partition coefficient (Wildman–Crippen LogP) is 4.18. The first-order valence-corrected chi connectivity index (χ1v) is 8.10. The third-order valence-electron chi connectivity index (χ3n) is 4.11. The van der Waals surface area contributed by atoms with Crippen LogP contribution in [-0.2, 0) is 6.54 Å². The smallest absolute Gasteiger partial charge is 0.0834 e. The summed E-state index contributed by atoms with van der Waals surface area (Å²) < 4.78 is 2.10. The van der Waals surface area contributed by atoms with E-state index in [-0.39, 0.29) is 0 Å². The molecule has 1 N–H and O–H groups in total. The molecule has 1 heterocycles. The predicted molar refractivity (Wildman–Crippen MR) is 80.5 cm³/mol. The molecule has 0 bridgehead atoms. The van der Waals surface area contributed by atoms with Crippen molar-refractivity contribution in [2.75, 3.05) is 6.54 Å². The van der Waals surface area contributed by atoms with E-state index >= 15 is 0 Å². The topological polar surface area (TPSA) is 29.9 Å². The lowest BCUT2D eigenvalue weighted by Crippen LogP contribution is -2.32. The van der Waals surface area contributed by atoms with Gasteiger partial charge in [0.15, 0.2) is 0 Å². The molecule has 1 atom stereocenters. The molecule has 1 unspecified atom stereocenters. The Hall–Kier alpha value is -0.540. The molecular formula is C15H26ClN3. The van der Waals surface area contributed by atoms with Crippen molar-refractivity contribution in [3.05, 3.63) is 16.9 Å². The van der Waals surface area contributed by atoms with Crippen LogP contribution in [-0.4, -0.2) is 16.3 Å². The van der Waals surface area contributed by atoms with Crippen LogP contribution in [0, 0.1) is 5.92 Å². The van der Waals surface area contributed by atoms with Gasteiger partial charge < -0.3 is 5.32 Å². The molecule has 19 heavy (non-hydrogen) atoms. The van der Waals surface area contributed by atoms with Crippen LogP contribution >= 0.6 is 11.6 Å². The molecule has 0 aliphatic heterocycles. The summed E-state index contributed by atoms with van der Waals surface area (Å²) in [6.45, 7) is 6.29. The minimum atomic E-state index is 0.367. The lowest BCUT2D eigenvalue weighted by Gasteiger charge is -2.31. The monoisotopic (exact) mass is 283 g/mol. The summed E-state index contributed by atoms with van der Waals surface area (Å²) >= 11 is 6.41. The molecule has 0 radical (unpaired) electrons. The molecule has 1 aromatic heterocycles. The highest BCUT2D eigenvalue weighted by molar-refractivity contribution is 6.31. The van der Waals surface area contributed by atoms with Gasteiger partial charge in [0.25, 0.3) is 0 Å². The van der Waals surface area contributed by atoms with Crippen LogP contribution in [0.15, 0.2) is 6.20 Å². The Morgan fingerprint density at radius 3 is 2.74 bits per heavy atom. The normalized spacial score (nSPS) is 18.7. The van der Waals surface area contributed by atoms with Gasteiger partial charge in [-0.05, 0) is 31.7 Å². The van der Waals surface area contributed by atoms with Crippen LogP contribution in [0.25, 0.3) is 0 Å². The molecule has 108 valence electrons. The number of hydrogen-bond acceptors (Lipinski definition) is 2. The third-order valence-corrected chi connectivity index (χ3v) is 4.40. The molecule has 1 aliphatic carbocycles. The van der Waals surface area contributed by atoms with Gasteiger partial charge in [0.1, 0.15) is 0 Å². The van der Waals surface area contributed by atoms with Crippen molar-refractivity contribution < 1.29 is 0 Å². The van der Waals surface area contributed by atoms with Crippen LogP contribution in [0.2, 0.25) is 5.02 Å². The van der Waals surface area contributed by atoms with E-state index in [0.29, 0.717) is 12.0 Å². The van der Waals surface area contributed by atoms with Gasteiger partial charge in [0, 0.05) is 6.54 Å². The Morgan fingerprint density at radius 1 is 1.37 bits per heavy atom. The van der Waals surface area contributed by atoms with E-state index in [1.807, 2.05) is 0 Å².